The molecular formula is C7H15N3O2S. The summed E-state index contributed by atoms with van der Waals surface area (Å²) in [7, 11) is -0.685. The summed E-state index contributed by atoms with van der Waals surface area (Å²) in [5.41, 5.74) is 10.5. The molecule has 0 saturated carbocycles. The highest BCUT2D eigenvalue weighted by Gasteiger charge is 2.19. The fraction of sp³-hybridized carbons (Fsp3) is 0.857. The molecule has 4 N–H and O–H groups in total. The molecule has 5 nitrogen and oxygen atoms in total. The van der Waals surface area contributed by atoms with Crippen LogP contribution in [0.4, 0.5) is 0 Å². The smallest absolute Gasteiger partial charge is 0.235 e. The predicted molar refractivity (Wildman–Crippen MR) is 51.5 cm³/mol. The molecule has 1 fully saturated rings. The van der Waals surface area contributed by atoms with Crippen LogP contribution in [0.25, 0.3) is 0 Å². The van der Waals surface area contributed by atoms with Gasteiger partial charge in [-0.25, -0.2) is 0 Å². The van der Waals surface area contributed by atoms with Crippen LogP contribution in [-0.4, -0.2) is 52.2 Å². The molecule has 0 spiro atoms. The van der Waals surface area contributed by atoms with Crippen molar-refractivity contribution < 1.29 is 9.00 Å². The molecule has 0 aromatic heterocycles. The van der Waals surface area contributed by atoms with Gasteiger partial charge >= 0.3 is 0 Å². The largest absolute Gasteiger partial charge is 0.368 e. The van der Waals surface area contributed by atoms with Gasteiger partial charge in [0.2, 0.25) is 5.91 Å². The first-order chi connectivity index (χ1) is 6.09. The zero-order chi connectivity index (χ0) is 9.84. The Morgan fingerprint density at radius 3 is 2.46 bits per heavy atom. The van der Waals surface area contributed by atoms with E-state index in [2.05, 4.69) is 0 Å². The van der Waals surface area contributed by atoms with Crippen molar-refractivity contribution in [2.75, 3.05) is 31.1 Å². The van der Waals surface area contributed by atoms with Crippen LogP contribution in [0.2, 0.25) is 0 Å². The fourth-order valence-corrected chi connectivity index (χ4v) is 2.35. The minimum absolute atomic E-state index is 0.479. The number of carbonyl (C=O) groups is 1. The summed E-state index contributed by atoms with van der Waals surface area (Å²) in [6.07, 6.45) is 0. The number of primary amides is 1. The van der Waals surface area contributed by atoms with Gasteiger partial charge in [-0.05, 0) is 0 Å². The van der Waals surface area contributed by atoms with Crippen LogP contribution in [0, 0.1) is 0 Å². The third-order valence-corrected chi connectivity index (χ3v) is 3.37. The number of carbonyl (C=O) groups excluding carboxylic acids is 1. The number of amides is 1. The second-order valence-electron chi connectivity index (χ2n) is 3.16. The number of nitrogens with two attached hydrogens (primary N) is 2. The van der Waals surface area contributed by atoms with Crippen molar-refractivity contribution >= 4 is 16.7 Å². The molecule has 0 aliphatic carbocycles. The number of nitrogens with zero attached hydrogens (tertiary/aromatic N) is 1. The fourth-order valence-electron chi connectivity index (χ4n) is 1.23. The van der Waals surface area contributed by atoms with Crippen molar-refractivity contribution in [3.05, 3.63) is 0 Å². The highest BCUT2D eigenvalue weighted by Crippen LogP contribution is 2.00. The van der Waals surface area contributed by atoms with Gasteiger partial charge in [0.1, 0.15) is 0 Å². The molecule has 1 saturated heterocycles. The van der Waals surface area contributed by atoms with Gasteiger partial charge in [-0.2, -0.15) is 0 Å². The van der Waals surface area contributed by atoms with Crippen molar-refractivity contribution in [2.24, 2.45) is 11.5 Å². The van der Waals surface area contributed by atoms with Gasteiger partial charge < -0.3 is 11.5 Å². The summed E-state index contributed by atoms with van der Waals surface area (Å²) in [6.45, 7) is 1.97. The van der Waals surface area contributed by atoms with Gasteiger partial charge in [0.15, 0.2) is 0 Å². The lowest BCUT2D eigenvalue weighted by atomic mass is 10.2. The summed E-state index contributed by atoms with van der Waals surface area (Å²) < 4.78 is 11.0. The Bertz CT molecular complexity index is 212. The van der Waals surface area contributed by atoms with Gasteiger partial charge in [0.05, 0.1) is 6.04 Å². The van der Waals surface area contributed by atoms with Crippen molar-refractivity contribution in [1.82, 2.24) is 4.90 Å². The minimum atomic E-state index is -0.685. The third-order valence-electron chi connectivity index (χ3n) is 2.09. The molecule has 76 valence electrons. The molecule has 1 amide bonds. The first-order valence-corrected chi connectivity index (χ1v) is 5.70. The van der Waals surface area contributed by atoms with E-state index in [-0.39, 0.29) is 0 Å². The van der Waals surface area contributed by atoms with E-state index in [1.54, 1.807) is 0 Å². The van der Waals surface area contributed by atoms with Crippen molar-refractivity contribution in [1.29, 1.82) is 0 Å². The molecule has 0 aromatic rings. The second kappa shape index (κ2) is 4.69. The lowest BCUT2D eigenvalue weighted by molar-refractivity contribution is -0.119. The molecule has 1 rings (SSSR count). The van der Waals surface area contributed by atoms with E-state index < -0.39 is 22.7 Å². The molecule has 1 unspecified atom stereocenters. The Kier molecular flexibility index (Phi) is 3.83. The molecule has 1 aliphatic heterocycles. The standard InChI is InChI=1S/C7H15N3O2S/c8-6(7(9)11)5-10-1-3-13(12)4-2-10/h6H,1-5,8H2,(H2,9,11). The Balaban J connectivity index is 2.30. The Hall–Kier alpha value is -0.460. The zero-order valence-electron chi connectivity index (χ0n) is 7.44. The molecule has 1 heterocycles. The molecule has 13 heavy (non-hydrogen) atoms. The average Bonchev–Trinajstić information content (AvgIpc) is 2.08. The topological polar surface area (TPSA) is 89.4 Å². The van der Waals surface area contributed by atoms with E-state index >= 15 is 0 Å². The van der Waals surface area contributed by atoms with Gasteiger partial charge in [0.25, 0.3) is 0 Å². The Morgan fingerprint density at radius 1 is 1.46 bits per heavy atom. The van der Waals surface area contributed by atoms with E-state index in [0.29, 0.717) is 18.1 Å². The second-order valence-corrected chi connectivity index (χ2v) is 4.85. The van der Waals surface area contributed by atoms with Crippen LogP contribution in [-0.2, 0) is 15.6 Å². The van der Waals surface area contributed by atoms with E-state index in [1.165, 1.54) is 0 Å². The summed E-state index contributed by atoms with van der Waals surface area (Å²) in [6, 6.07) is -0.605. The molecule has 6 heteroatoms. The zero-order valence-corrected chi connectivity index (χ0v) is 8.26. The normalized spacial score (nSPS) is 22.8. The average molecular weight is 205 g/mol. The quantitative estimate of drug-likeness (QED) is 0.550. The van der Waals surface area contributed by atoms with E-state index in [9.17, 15) is 9.00 Å². The number of hydrogen-bond acceptors (Lipinski definition) is 4. The monoisotopic (exact) mass is 205 g/mol. The Morgan fingerprint density at radius 2 is 2.00 bits per heavy atom. The Labute approximate surface area is 79.9 Å². The predicted octanol–water partition coefficient (Wildman–Crippen LogP) is -2.14. The lowest BCUT2D eigenvalue weighted by Gasteiger charge is -2.27. The van der Waals surface area contributed by atoms with Crippen LogP contribution in [0.1, 0.15) is 0 Å². The molecule has 1 atom stereocenters. The van der Waals surface area contributed by atoms with Crippen LogP contribution in [0.15, 0.2) is 0 Å². The van der Waals surface area contributed by atoms with Gasteiger partial charge in [-0.3, -0.25) is 13.9 Å². The maximum atomic E-state index is 11.0. The van der Waals surface area contributed by atoms with Crippen LogP contribution >= 0.6 is 0 Å². The van der Waals surface area contributed by atoms with Crippen molar-refractivity contribution in [2.45, 2.75) is 6.04 Å². The summed E-state index contributed by atoms with van der Waals surface area (Å²) in [5.74, 6) is 0.864. The maximum absolute atomic E-state index is 11.0. The first-order valence-electron chi connectivity index (χ1n) is 4.22. The van der Waals surface area contributed by atoms with Crippen molar-refractivity contribution in [3.8, 4) is 0 Å². The highest BCUT2D eigenvalue weighted by molar-refractivity contribution is 7.85. The van der Waals surface area contributed by atoms with Crippen LogP contribution in [0.3, 0.4) is 0 Å². The SMILES string of the molecule is NC(=O)C(N)CN1CCS(=O)CC1. The molecule has 1 aliphatic rings. The molecule has 0 bridgehead atoms. The third kappa shape index (κ3) is 3.41. The van der Waals surface area contributed by atoms with E-state index in [0.717, 1.165) is 13.1 Å². The maximum Gasteiger partial charge on any atom is 0.235 e. The van der Waals surface area contributed by atoms with Crippen LogP contribution in [0.5, 0.6) is 0 Å². The summed E-state index contributed by atoms with van der Waals surface area (Å²) >= 11 is 0. The van der Waals surface area contributed by atoms with Gasteiger partial charge in [0, 0.05) is 41.9 Å². The van der Waals surface area contributed by atoms with E-state index in [1.807, 2.05) is 4.90 Å². The van der Waals surface area contributed by atoms with Crippen LogP contribution < -0.4 is 11.5 Å². The summed E-state index contributed by atoms with van der Waals surface area (Å²) in [5, 5.41) is 0. The minimum Gasteiger partial charge on any atom is -0.368 e. The molecule has 0 radical (unpaired) electrons. The van der Waals surface area contributed by atoms with E-state index in [4.69, 9.17) is 11.5 Å². The lowest BCUT2D eigenvalue weighted by Crippen LogP contribution is -2.49. The molecule has 0 aromatic carbocycles. The summed E-state index contributed by atoms with van der Waals surface area (Å²) in [4.78, 5) is 12.7. The number of rotatable bonds is 3. The molecular weight excluding hydrogens is 190 g/mol. The number of hydrogen-bond donors (Lipinski definition) is 2. The first kappa shape index (κ1) is 10.6. The van der Waals surface area contributed by atoms with Crippen molar-refractivity contribution in [3.63, 3.8) is 0 Å². The van der Waals surface area contributed by atoms with Gasteiger partial charge in [-0.15, -0.1) is 0 Å². The highest BCUT2D eigenvalue weighted by atomic mass is 32.2. The van der Waals surface area contributed by atoms with Gasteiger partial charge in [-0.1, -0.05) is 0 Å².